The minimum Gasteiger partial charge on any atom is -0.360 e. The van der Waals surface area contributed by atoms with Gasteiger partial charge in [0.25, 0.3) is 10.0 Å². The first-order valence-corrected chi connectivity index (χ1v) is 11.1. The van der Waals surface area contributed by atoms with Crippen LogP contribution >= 0.6 is 11.6 Å². The summed E-state index contributed by atoms with van der Waals surface area (Å²) in [5, 5.41) is 5.91. The van der Waals surface area contributed by atoms with Gasteiger partial charge in [-0.1, -0.05) is 35.9 Å². The molecule has 0 spiro atoms. The first kappa shape index (κ1) is 18.7. The van der Waals surface area contributed by atoms with Gasteiger partial charge in [0.2, 0.25) is 10.0 Å². The van der Waals surface area contributed by atoms with Crippen LogP contribution in [-0.4, -0.2) is 34.1 Å². The number of anilines is 1. The molecule has 2 aromatic carbocycles. The molecule has 0 aliphatic rings. The summed E-state index contributed by atoms with van der Waals surface area (Å²) < 4.78 is 50.2. The van der Waals surface area contributed by atoms with Crippen molar-refractivity contribution >= 4 is 48.2 Å². The van der Waals surface area contributed by atoms with Gasteiger partial charge in [0.15, 0.2) is 0 Å². The zero-order chi connectivity index (χ0) is 18.9. The Morgan fingerprint density at radius 3 is 2.35 bits per heavy atom. The number of halogens is 1. The van der Waals surface area contributed by atoms with Gasteiger partial charge in [0.1, 0.15) is 0 Å². The molecule has 0 amide bonds. The van der Waals surface area contributed by atoms with E-state index >= 15 is 0 Å². The summed E-state index contributed by atoms with van der Waals surface area (Å²) in [5.74, 6) is -0.530. The van der Waals surface area contributed by atoms with Crippen molar-refractivity contribution in [3.63, 3.8) is 0 Å². The Kier molecular flexibility index (Phi) is 4.98. The number of H-pyrrole nitrogens is 1. The Labute approximate surface area is 156 Å². The summed E-state index contributed by atoms with van der Waals surface area (Å²) in [6, 6.07) is 12.7. The molecule has 0 saturated heterocycles. The van der Waals surface area contributed by atoms with Crippen LogP contribution < -0.4 is 9.44 Å². The number of fused-ring (bicyclic) bond motifs is 1. The van der Waals surface area contributed by atoms with E-state index in [-0.39, 0.29) is 17.1 Å². The number of nitrogens with zero attached hydrogens (tertiary/aromatic N) is 1. The Hall–Kier alpha value is -2.07. The molecule has 3 N–H and O–H groups in total. The number of sulfonamides is 2. The fraction of sp³-hybridized carbons (Fsp3) is 0.125. The highest BCUT2D eigenvalue weighted by atomic mass is 35.5. The summed E-state index contributed by atoms with van der Waals surface area (Å²) in [6.07, 6.45) is 1.54. The zero-order valence-corrected chi connectivity index (χ0v) is 15.9. The minimum atomic E-state index is -4.02. The second kappa shape index (κ2) is 6.92. The van der Waals surface area contributed by atoms with Gasteiger partial charge in [-0.05, 0) is 24.3 Å². The van der Waals surface area contributed by atoms with Gasteiger partial charge in [-0.25, -0.2) is 22.0 Å². The van der Waals surface area contributed by atoms with Gasteiger partial charge in [-0.15, -0.1) is 0 Å². The van der Waals surface area contributed by atoms with Gasteiger partial charge in [-0.2, -0.15) is 0 Å². The fourth-order valence-electron chi connectivity index (χ4n) is 2.63. The summed E-state index contributed by atoms with van der Waals surface area (Å²) in [6.45, 7) is -0.337. The van der Waals surface area contributed by atoms with E-state index in [2.05, 4.69) is 4.98 Å². The van der Waals surface area contributed by atoms with Crippen molar-refractivity contribution in [1.29, 1.82) is 0 Å². The molecule has 0 aliphatic heterocycles. The van der Waals surface area contributed by atoms with Crippen LogP contribution in [0.2, 0.25) is 5.02 Å². The van der Waals surface area contributed by atoms with E-state index in [0.29, 0.717) is 15.9 Å². The van der Waals surface area contributed by atoms with E-state index in [4.69, 9.17) is 16.7 Å². The molecule has 3 rings (SSSR count). The predicted molar refractivity (Wildman–Crippen MR) is 102 cm³/mol. The van der Waals surface area contributed by atoms with Crippen LogP contribution in [0.3, 0.4) is 0 Å². The molecule has 7 nitrogen and oxygen atoms in total. The molecule has 1 heterocycles. The second-order valence-electron chi connectivity index (χ2n) is 5.59. The van der Waals surface area contributed by atoms with Crippen molar-refractivity contribution in [2.24, 2.45) is 5.14 Å². The summed E-state index contributed by atoms with van der Waals surface area (Å²) in [7, 11) is -7.89. The SMILES string of the molecule is NS(=O)(=O)CCN(c1cccc2[nH]cc(Cl)c12)S(=O)(=O)c1ccccc1. The molecule has 0 saturated carbocycles. The van der Waals surface area contributed by atoms with E-state index < -0.39 is 25.8 Å². The third-order valence-corrected chi connectivity index (χ3v) is 6.69. The lowest BCUT2D eigenvalue weighted by Gasteiger charge is -2.25. The first-order chi connectivity index (χ1) is 12.2. The summed E-state index contributed by atoms with van der Waals surface area (Å²) >= 11 is 6.21. The number of nitrogens with two attached hydrogens (primary N) is 1. The second-order valence-corrected chi connectivity index (χ2v) is 9.60. The molecule has 0 aliphatic carbocycles. The molecule has 0 radical (unpaired) electrons. The number of primary sulfonamides is 1. The van der Waals surface area contributed by atoms with Gasteiger partial charge in [0.05, 0.1) is 21.4 Å². The normalized spacial score (nSPS) is 12.4. The van der Waals surface area contributed by atoms with Gasteiger partial charge in [0, 0.05) is 23.6 Å². The van der Waals surface area contributed by atoms with Gasteiger partial charge >= 0.3 is 0 Å². The Morgan fingerprint density at radius 2 is 1.69 bits per heavy atom. The highest BCUT2D eigenvalue weighted by Crippen LogP contribution is 2.35. The third kappa shape index (κ3) is 3.70. The highest BCUT2D eigenvalue weighted by Gasteiger charge is 2.28. The standard InChI is InChI=1S/C16H16ClN3O4S2/c17-13-11-19-14-7-4-8-15(16(13)14)20(9-10-25(18,21)22)26(23,24)12-5-2-1-3-6-12/h1-8,11,19H,9-10H2,(H2,18,21,22). The lowest BCUT2D eigenvalue weighted by molar-refractivity contribution is 0.589. The molecule has 0 bridgehead atoms. The van der Waals surface area contributed by atoms with Crippen molar-refractivity contribution in [1.82, 2.24) is 4.98 Å². The largest absolute Gasteiger partial charge is 0.360 e. The van der Waals surface area contributed by atoms with Crippen LogP contribution in [-0.2, 0) is 20.0 Å². The lowest BCUT2D eigenvalue weighted by atomic mass is 10.2. The van der Waals surface area contributed by atoms with Crippen LogP contribution in [0.4, 0.5) is 5.69 Å². The monoisotopic (exact) mass is 413 g/mol. The van der Waals surface area contributed by atoms with Crippen molar-refractivity contribution in [3.05, 3.63) is 59.8 Å². The molecule has 10 heteroatoms. The molecule has 3 aromatic rings. The maximum absolute atomic E-state index is 13.2. The van der Waals surface area contributed by atoms with Crippen LogP contribution in [0.5, 0.6) is 0 Å². The molecular weight excluding hydrogens is 398 g/mol. The first-order valence-electron chi connectivity index (χ1n) is 7.54. The van der Waals surface area contributed by atoms with E-state index in [9.17, 15) is 16.8 Å². The average Bonchev–Trinajstić information content (AvgIpc) is 2.97. The van der Waals surface area contributed by atoms with Crippen LogP contribution in [0.15, 0.2) is 59.6 Å². The number of aromatic amines is 1. The zero-order valence-electron chi connectivity index (χ0n) is 13.5. The third-order valence-electron chi connectivity index (χ3n) is 3.81. The Bertz CT molecular complexity index is 1140. The number of rotatable bonds is 6. The van der Waals surface area contributed by atoms with E-state index in [1.165, 1.54) is 12.1 Å². The average molecular weight is 414 g/mol. The number of hydrogen-bond acceptors (Lipinski definition) is 4. The Morgan fingerprint density at radius 1 is 1.00 bits per heavy atom. The fourth-order valence-corrected chi connectivity index (χ4v) is 4.94. The van der Waals surface area contributed by atoms with Crippen LogP contribution in [0, 0.1) is 0 Å². The molecule has 0 atom stereocenters. The number of nitrogens with one attached hydrogen (secondary N) is 1. The smallest absolute Gasteiger partial charge is 0.264 e. The quantitative estimate of drug-likeness (QED) is 0.645. The highest BCUT2D eigenvalue weighted by molar-refractivity contribution is 7.93. The molecule has 0 fully saturated rings. The molecule has 1 aromatic heterocycles. The molecule has 0 unspecified atom stereocenters. The van der Waals surface area contributed by atoms with Crippen molar-refractivity contribution in [2.75, 3.05) is 16.6 Å². The summed E-state index contributed by atoms with van der Waals surface area (Å²) in [5.41, 5.74) is 0.914. The number of benzene rings is 2. The summed E-state index contributed by atoms with van der Waals surface area (Å²) in [4.78, 5) is 2.99. The van der Waals surface area contributed by atoms with E-state index in [1.807, 2.05) is 0 Å². The predicted octanol–water partition coefficient (Wildman–Crippen LogP) is 2.31. The van der Waals surface area contributed by atoms with E-state index in [1.54, 1.807) is 42.6 Å². The van der Waals surface area contributed by atoms with Gasteiger partial charge in [-0.3, -0.25) is 4.31 Å². The van der Waals surface area contributed by atoms with Crippen molar-refractivity contribution in [2.45, 2.75) is 4.90 Å². The number of hydrogen-bond donors (Lipinski definition) is 2. The minimum absolute atomic E-state index is 0.0399. The van der Waals surface area contributed by atoms with Gasteiger partial charge < -0.3 is 4.98 Å². The van der Waals surface area contributed by atoms with E-state index in [0.717, 1.165) is 4.31 Å². The molecule has 138 valence electrons. The van der Waals surface area contributed by atoms with Crippen LogP contribution in [0.25, 0.3) is 10.9 Å². The maximum Gasteiger partial charge on any atom is 0.264 e. The molecule has 26 heavy (non-hydrogen) atoms. The molecular formula is C16H16ClN3O4S2. The topological polar surface area (TPSA) is 113 Å². The van der Waals surface area contributed by atoms with Crippen molar-refractivity contribution in [3.8, 4) is 0 Å². The Balaban J connectivity index is 2.19. The van der Waals surface area contributed by atoms with Crippen molar-refractivity contribution < 1.29 is 16.8 Å². The van der Waals surface area contributed by atoms with Crippen LogP contribution in [0.1, 0.15) is 0 Å². The lowest BCUT2D eigenvalue weighted by Crippen LogP contribution is -2.36. The number of aromatic nitrogens is 1. The maximum atomic E-state index is 13.2.